The van der Waals surface area contributed by atoms with E-state index in [-0.39, 0.29) is 12.2 Å². The lowest BCUT2D eigenvalue weighted by Crippen LogP contribution is -2.06. The van der Waals surface area contributed by atoms with E-state index >= 15 is 0 Å². The second kappa shape index (κ2) is 5.22. The first kappa shape index (κ1) is 12.9. The predicted octanol–water partition coefficient (Wildman–Crippen LogP) is 1.72. The number of rotatable bonds is 5. The summed E-state index contributed by atoms with van der Waals surface area (Å²) in [5.41, 5.74) is 0.610. The lowest BCUT2D eigenvalue weighted by atomic mass is 10.2. The summed E-state index contributed by atoms with van der Waals surface area (Å²) in [4.78, 5) is 0. The molecular weight excluding hydrogens is 242 g/mol. The Hall–Kier alpha value is -1.21. The summed E-state index contributed by atoms with van der Waals surface area (Å²) in [5, 5.41) is 0. The van der Waals surface area contributed by atoms with Crippen molar-refractivity contribution in [1.29, 1.82) is 0 Å². The zero-order valence-electron chi connectivity index (χ0n) is 8.14. The van der Waals surface area contributed by atoms with Gasteiger partial charge in [-0.05, 0) is 24.1 Å². The van der Waals surface area contributed by atoms with Gasteiger partial charge in [0, 0.05) is 0 Å². The number of halogens is 2. The maximum absolute atomic E-state index is 11.8. The number of hydrogen-bond acceptors (Lipinski definition) is 3. The van der Waals surface area contributed by atoms with Gasteiger partial charge in [-0.2, -0.15) is 17.2 Å². The second-order valence-corrected chi connectivity index (χ2v) is 4.63. The van der Waals surface area contributed by atoms with E-state index in [1.807, 2.05) is 0 Å². The van der Waals surface area contributed by atoms with Gasteiger partial charge >= 0.3 is 6.61 Å². The van der Waals surface area contributed by atoms with Gasteiger partial charge in [-0.3, -0.25) is 4.55 Å². The van der Waals surface area contributed by atoms with Crippen LogP contribution in [0.4, 0.5) is 8.78 Å². The van der Waals surface area contributed by atoms with Crippen molar-refractivity contribution >= 4 is 10.1 Å². The van der Waals surface area contributed by atoms with Crippen molar-refractivity contribution in [1.82, 2.24) is 0 Å². The standard InChI is InChI=1S/C9H10F2O4S/c10-9(11)15-8-3-1-7(2-4-8)5-6-16(12,13)14/h1-4,9H,5-6H2,(H,12,13,14). The van der Waals surface area contributed by atoms with Crippen LogP contribution in [-0.4, -0.2) is 25.3 Å². The van der Waals surface area contributed by atoms with Crippen LogP contribution < -0.4 is 4.74 Å². The van der Waals surface area contributed by atoms with E-state index in [1.165, 1.54) is 24.3 Å². The third kappa shape index (κ3) is 5.04. The average Bonchev–Trinajstić information content (AvgIpc) is 2.14. The van der Waals surface area contributed by atoms with Crippen LogP contribution in [0, 0.1) is 0 Å². The van der Waals surface area contributed by atoms with Crippen molar-refractivity contribution in [3.63, 3.8) is 0 Å². The fourth-order valence-corrected chi connectivity index (χ4v) is 1.58. The maximum atomic E-state index is 11.8. The molecular formula is C9H10F2O4S. The summed E-state index contributed by atoms with van der Waals surface area (Å²) in [7, 11) is -4.00. The van der Waals surface area contributed by atoms with Gasteiger partial charge in [-0.15, -0.1) is 0 Å². The topological polar surface area (TPSA) is 63.6 Å². The summed E-state index contributed by atoms with van der Waals surface area (Å²) in [5.74, 6) is -0.396. The molecule has 1 aromatic carbocycles. The van der Waals surface area contributed by atoms with E-state index in [0.29, 0.717) is 5.56 Å². The summed E-state index contributed by atoms with van der Waals surface area (Å²) in [6, 6.07) is 5.54. The van der Waals surface area contributed by atoms with E-state index in [4.69, 9.17) is 4.55 Å². The lowest BCUT2D eigenvalue weighted by Gasteiger charge is -2.05. The van der Waals surface area contributed by atoms with E-state index in [9.17, 15) is 17.2 Å². The normalized spacial score (nSPS) is 11.8. The number of benzene rings is 1. The SMILES string of the molecule is O=S(=O)(O)CCc1ccc(OC(F)F)cc1. The average molecular weight is 252 g/mol. The molecule has 0 heterocycles. The second-order valence-electron chi connectivity index (χ2n) is 3.06. The van der Waals surface area contributed by atoms with Crippen molar-refractivity contribution in [2.45, 2.75) is 13.0 Å². The Morgan fingerprint density at radius 2 is 1.81 bits per heavy atom. The molecule has 0 radical (unpaired) electrons. The Bertz CT molecular complexity index is 427. The molecule has 0 aliphatic heterocycles. The molecule has 1 N–H and O–H groups in total. The number of aryl methyl sites for hydroxylation is 1. The molecule has 1 aromatic rings. The quantitative estimate of drug-likeness (QED) is 0.810. The highest BCUT2D eigenvalue weighted by atomic mass is 32.2. The molecule has 0 fully saturated rings. The highest BCUT2D eigenvalue weighted by molar-refractivity contribution is 7.85. The van der Waals surface area contributed by atoms with Crippen molar-refractivity contribution < 1.29 is 26.5 Å². The van der Waals surface area contributed by atoms with Gasteiger partial charge in [-0.1, -0.05) is 12.1 Å². The summed E-state index contributed by atoms with van der Waals surface area (Å²) in [6.45, 7) is -2.89. The van der Waals surface area contributed by atoms with Gasteiger partial charge in [-0.25, -0.2) is 0 Å². The first-order valence-corrected chi connectivity index (χ1v) is 5.96. The zero-order valence-corrected chi connectivity index (χ0v) is 8.95. The first-order valence-electron chi connectivity index (χ1n) is 4.36. The molecule has 4 nitrogen and oxygen atoms in total. The van der Waals surface area contributed by atoms with Gasteiger partial charge in [0.15, 0.2) is 0 Å². The summed E-state index contributed by atoms with van der Waals surface area (Å²) >= 11 is 0. The molecule has 0 saturated heterocycles. The Labute approximate surface area is 91.6 Å². The van der Waals surface area contributed by atoms with Crippen LogP contribution in [0.5, 0.6) is 5.75 Å². The smallest absolute Gasteiger partial charge is 0.387 e. The predicted molar refractivity (Wildman–Crippen MR) is 53.2 cm³/mol. The third-order valence-corrected chi connectivity index (χ3v) is 2.52. The molecule has 0 spiro atoms. The van der Waals surface area contributed by atoms with Crippen LogP contribution in [0.2, 0.25) is 0 Å². The van der Waals surface area contributed by atoms with Crippen molar-refractivity contribution in [3.8, 4) is 5.75 Å². The number of alkyl halides is 2. The Morgan fingerprint density at radius 1 is 1.25 bits per heavy atom. The molecule has 1 rings (SSSR count). The van der Waals surface area contributed by atoms with Gasteiger partial charge in [0.05, 0.1) is 5.75 Å². The molecule has 0 aromatic heterocycles. The van der Waals surface area contributed by atoms with Gasteiger partial charge in [0.1, 0.15) is 5.75 Å². The fraction of sp³-hybridized carbons (Fsp3) is 0.333. The van der Waals surface area contributed by atoms with Crippen LogP contribution in [0.1, 0.15) is 5.56 Å². The minimum absolute atomic E-state index is 0.00519. The number of ether oxygens (including phenoxy) is 1. The van der Waals surface area contributed by atoms with Crippen molar-refractivity contribution in [2.24, 2.45) is 0 Å². The molecule has 0 atom stereocenters. The van der Waals surface area contributed by atoms with Gasteiger partial charge < -0.3 is 4.74 Å². The van der Waals surface area contributed by atoms with Gasteiger partial charge in [0.25, 0.3) is 10.1 Å². The minimum atomic E-state index is -4.00. The number of hydrogen-bond donors (Lipinski definition) is 1. The van der Waals surface area contributed by atoms with Crippen molar-refractivity contribution in [2.75, 3.05) is 5.75 Å². The molecule has 7 heteroatoms. The molecule has 0 amide bonds. The van der Waals surface area contributed by atoms with E-state index in [1.54, 1.807) is 0 Å². The molecule has 16 heavy (non-hydrogen) atoms. The summed E-state index contributed by atoms with van der Waals surface area (Å²) < 4.78 is 57.1. The van der Waals surface area contributed by atoms with Crippen LogP contribution in [0.25, 0.3) is 0 Å². The fourth-order valence-electron chi connectivity index (χ4n) is 1.08. The van der Waals surface area contributed by atoms with E-state index < -0.39 is 22.5 Å². The minimum Gasteiger partial charge on any atom is -0.435 e. The molecule has 0 bridgehead atoms. The molecule has 0 unspecified atom stereocenters. The van der Waals surface area contributed by atoms with Crippen LogP contribution in [0.3, 0.4) is 0 Å². The van der Waals surface area contributed by atoms with E-state index in [0.717, 1.165) is 0 Å². The van der Waals surface area contributed by atoms with Gasteiger partial charge in [0.2, 0.25) is 0 Å². The third-order valence-electron chi connectivity index (χ3n) is 1.80. The lowest BCUT2D eigenvalue weighted by molar-refractivity contribution is -0.0498. The molecule has 0 aliphatic rings. The monoisotopic (exact) mass is 252 g/mol. The highest BCUT2D eigenvalue weighted by Gasteiger charge is 2.06. The Kier molecular flexibility index (Phi) is 4.19. The zero-order chi connectivity index (χ0) is 12.2. The molecule has 0 aliphatic carbocycles. The Morgan fingerprint density at radius 3 is 2.25 bits per heavy atom. The maximum Gasteiger partial charge on any atom is 0.387 e. The van der Waals surface area contributed by atoms with E-state index in [2.05, 4.69) is 4.74 Å². The largest absolute Gasteiger partial charge is 0.435 e. The molecule has 90 valence electrons. The van der Waals surface area contributed by atoms with Crippen LogP contribution in [0.15, 0.2) is 24.3 Å². The van der Waals surface area contributed by atoms with Crippen LogP contribution in [-0.2, 0) is 16.5 Å². The molecule has 0 saturated carbocycles. The first-order chi connectivity index (χ1) is 7.37. The van der Waals surface area contributed by atoms with Crippen molar-refractivity contribution in [3.05, 3.63) is 29.8 Å². The van der Waals surface area contributed by atoms with Crippen LogP contribution >= 0.6 is 0 Å². The summed E-state index contributed by atoms with van der Waals surface area (Å²) in [6.07, 6.45) is 0.119. The highest BCUT2D eigenvalue weighted by Crippen LogP contribution is 2.15. The Balaban J connectivity index is 2.58.